The number of nitrogens with zero attached hydrogens (tertiary/aromatic N) is 2. The van der Waals surface area contributed by atoms with Gasteiger partial charge in [0.1, 0.15) is 0 Å². The molecule has 0 unspecified atom stereocenters. The van der Waals surface area contributed by atoms with Gasteiger partial charge in [0.25, 0.3) is 5.91 Å². The summed E-state index contributed by atoms with van der Waals surface area (Å²) >= 11 is 1.33. The summed E-state index contributed by atoms with van der Waals surface area (Å²) in [6, 6.07) is 8.87. The first kappa shape index (κ1) is 15.2. The van der Waals surface area contributed by atoms with Crippen molar-refractivity contribution in [3.8, 4) is 0 Å². The Morgan fingerprint density at radius 3 is 2.67 bits per heavy atom. The van der Waals surface area contributed by atoms with Gasteiger partial charge in [-0.15, -0.1) is 5.10 Å². The van der Waals surface area contributed by atoms with Crippen molar-refractivity contribution < 1.29 is 14.3 Å². The SMILES string of the molecule is CCOC(=O)CC1=NN=C(NC(=O)c2ccccc2)SC1. The van der Waals surface area contributed by atoms with Gasteiger partial charge < -0.3 is 4.74 Å². The van der Waals surface area contributed by atoms with Gasteiger partial charge in [-0.1, -0.05) is 30.0 Å². The Hall–Kier alpha value is -2.15. The van der Waals surface area contributed by atoms with Crippen LogP contribution in [0.5, 0.6) is 0 Å². The van der Waals surface area contributed by atoms with Crippen molar-refractivity contribution >= 4 is 34.5 Å². The minimum absolute atomic E-state index is 0.129. The Labute approximate surface area is 126 Å². The van der Waals surface area contributed by atoms with Crippen LogP contribution in [0.4, 0.5) is 0 Å². The summed E-state index contributed by atoms with van der Waals surface area (Å²) in [6.45, 7) is 2.10. The van der Waals surface area contributed by atoms with Gasteiger partial charge in [-0.05, 0) is 19.1 Å². The molecule has 0 saturated heterocycles. The Morgan fingerprint density at radius 1 is 1.29 bits per heavy atom. The van der Waals surface area contributed by atoms with Crippen molar-refractivity contribution in [1.82, 2.24) is 5.32 Å². The van der Waals surface area contributed by atoms with E-state index in [4.69, 9.17) is 4.74 Å². The third-order valence-corrected chi connectivity index (χ3v) is 3.50. The summed E-state index contributed by atoms with van der Waals surface area (Å²) in [7, 11) is 0. The maximum absolute atomic E-state index is 11.9. The third-order valence-electron chi connectivity index (χ3n) is 2.57. The lowest BCUT2D eigenvalue weighted by Gasteiger charge is -2.12. The lowest BCUT2D eigenvalue weighted by Crippen LogP contribution is -2.30. The Bertz CT molecular complexity index is 584. The van der Waals surface area contributed by atoms with Crippen LogP contribution in [0.2, 0.25) is 0 Å². The highest BCUT2D eigenvalue weighted by atomic mass is 32.2. The molecule has 21 heavy (non-hydrogen) atoms. The van der Waals surface area contributed by atoms with Gasteiger partial charge in [0.2, 0.25) is 0 Å². The van der Waals surface area contributed by atoms with Crippen molar-refractivity contribution in [1.29, 1.82) is 0 Å². The zero-order chi connectivity index (χ0) is 15.1. The number of amides is 1. The average Bonchev–Trinajstić information content (AvgIpc) is 2.50. The summed E-state index contributed by atoms with van der Waals surface area (Å²) in [4.78, 5) is 23.3. The monoisotopic (exact) mass is 305 g/mol. The normalized spacial score (nSPS) is 14.0. The first-order chi connectivity index (χ1) is 10.2. The highest BCUT2D eigenvalue weighted by Gasteiger charge is 2.16. The molecule has 7 heteroatoms. The molecular weight excluding hydrogens is 290 g/mol. The van der Waals surface area contributed by atoms with Crippen LogP contribution in [0.3, 0.4) is 0 Å². The standard InChI is InChI=1S/C14H15N3O3S/c1-2-20-12(18)8-11-9-21-14(17-16-11)15-13(19)10-6-4-3-5-7-10/h3-7H,2,8-9H2,1H3,(H,15,17,19). The van der Waals surface area contributed by atoms with Crippen LogP contribution < -0.4 is 5.32 Å². The van der Waals surface area contributed by atoms with Crippen LogP contribution in [-0.4, -0.2) is 35.1 Å². The number of amidine groups is 1. The second-order valence-electron chi connectivity index (χ2n) is 4.16. The topological polar surface area (TPSA) is 80.1 Å². The van der Waals surface area contributed by atoms with Gasteiger partial charge in [0.15, 0.2) is 5.17 Å². The first-order valence-corrected chi connectivity index (χ1v) is 7.46. The van der Waals surface area contributed by atoms with E-state index in [1.54, 1.807) is 31.2 Å². The summed E-state index contributed by atoms with van der Waals surface area (Å²) in [5.41, 5.74) is 1.19. The number of thioether (sulfide) groups is 1. The van der Waals surface area contributed by atoms with Crippen molar-refractivity contribution in [3.05, 3.63) is 35.9 Å². The van der Waals surface area contributed by atoms with Crippen LogP contribution in [0.15, 0.2) is 40.5 Å². The predicted octanol–water partition coefficient (Wildman–Crippen LogP) is 1.83. The van der Waals surface area contributed by atoms with E-state index in [1.807, 2.05) is 6.07 Å². The molecule has 2 rings (SSSR count). The molecule has 0 aliphatic carbocycles. The molecule has 6 nitrogen and oxygen atoms in total. The molecule has 1 aliphatic rings. The number of ether oxygens (including phenoxy) is 1. The smallest absolute Gasteiger partial charge is 0.311 e. The number of hydrogen-bond acceptors (Lipinski definition) is 6. The minimum atomic E-state index is -0.316. The number of carbonyl (C=O) groups is 2. The average molecular weight is 305 g/mol. The summed E-state index contributed by atoms with van der Waals surface area (Å²) in [6.07, 6.45) is 0.129. The van der Waals surface area contributed by atoms with E-state index in [1.165, 1.54) is 11.8 Å². The lowest BCUT2D eigenvalue weighted by atomic mass is 10.2. The van der Waals surface area contributed by atoms with Crippen molar-refractivity contribution in [2.75, 3.05) is 12.4 Å². The molecule has 1 heterocycles. The fourth-order valence-electron chi connectivity index (χ4n) is 1.61. The zero-order valence-electron chi connectivity index (χ0n) is 11.5. The number of hydrogen-bond donors (Lipinski definition) is 1. The fourth-order valence-corrected chi connectivity index (χ4v) is 2.34. The van der Waals surface area contributed by atoms with E-state index < -0.39 is 0 Å². The number of nitrogens with one attached hydrogen (secondary N) is 1. The Kier molecular flexibility index (Phi) is 5.51. The quantitative estimate of drug-likeness (QED) is 0.861. The largest absolute Gasteiger partial charge is 0.466 e. The minimum Gasteiger partial charge on any atom is -0.466 e. The third kappa shape index (κ3) is 4.71. The zero-order valence-corrected chi connectivity index (χ0v) is 12.4. The second kappa shape index (κ2) is 7.58. The van der Waals surface area contributed by atoms with Gasteiger partial charge >= 0.3 is 5.97 Å². The van der Waals surface area contributed by atoms with E-state index >= 15 is 0 Å². The molecule has 1 aromatic carbocycles. The number of benzene rings is 1. The van der Waals surface area contributed by atoms with Gasteiger partial charge in [0, 0.05) is 11.3 Å². The second-order valence-corrected chi connectivity index (χ2v) is 5.13. The molecule has 0 fully saturated rings. The summed E-state index contributed by atoms with van der Waals surface area (Å²) < 4.78 is 4.85. The van der Waals surface area contributed by atoms with Gasteiger partial charge in [0.05, 0.1) is 18.7 Å². The van der Waals surface area contributed by atoms with E-state index in [9.17, 15) is 9.59 Å². The van der Waals surface area contributed by atoms with E-state index in [-0.39, 0.29) is 18.3 Å². The molecule has 1 aromatic rings. The molecule has 1 amide bonds. The number of rotatable bonds is 4. The van der Waals surface area contributed by atoms with Crippen molar-refractivity contribution in [3.63, 3.8) is 0 Å². The molecule has 0 atom stereocenters. The van der Waals surface area contributed by atoms with Crippen LogP contribution in [0.25, 0.3) is 0 Å². The first-order valence-electron chi connectivity index (χ1n) is 6.47. The fraction of sp³-hybridized carbons (Fsp3) is 0.286. The molecule has 0 radical (unpaired) electrons. The van der Waals surface area contributed by atoms with Gasteiger partial charge in [-0.3, -0.25) is 14.9 Å². The maximum Gasteiger partial charge on any atom is 0.311 e. The van der Waals surface area contributed by atoms with E-state index in [2.05, 4.69) is 15.5 Å². The van der Waals surface area contributed by atoms with Crippen LogP contribution in [0, 0.1) is 0 Å². The molecule has 0 spiro atoms. The van der Waals surface area contributed by atoms with E-state index in [0.29, 0.717) is 28.8 Å². The maximum atomic E-state index is 11.9. The molecule has 0 bridgehead atoms. The lowest BCUT2D eigenvalue weighted by molar-refractivity contribution is -0.141. The van der Waals surface area contributed by atoms with Crippen LogP contribution in [-0.2, 0) is 9.53 Å². The Balaban J connectivity index is 1.91. The summed E-state index contributed by atoms with van der Waals surface area (Å²) in [5.74, 6) is -0.0399. The molecule has 0 aromatic heterocycles. The molecule has 110 valence electrons. The van der Waals surface area contributed by atoms with Gasteiger partial charge in [-0.25, -0.2) is 0 Å². The summed E-state index contributed by atoms with van der Waals surface area (Å²) in [5, 5.41) is 11.0. The molecule has 1 aliphatic heterocycles. The molecule has 0 saturated carbocycles. The highest BCUT2D eigenvalue weighted by molar-refractivity contribution is 8.14. The number of carbonyl (C=O) groups excluding carboxylic acids is 2. The molecular formula is C14H15N3O3S. The predicted molar refractivity (Wildman–Crippen MR) is 82.5 cm³/mol. The van der Waals surface area contributed by atoms with E-state index in [0.717, 1.165) is 0 Å². The molecule has 1 N–H and O–H groups in total. The van der Waals surface area contributed by atoms with Gasteiger partial charge in [-0.2, -0.15) is 5.10 Å². The highest BCUT2D eigenvalue weighted by Crippen LogP contribution is 2.12. The van der Waals surface area contributed by atoms with Crippen LogP contribution >= 0.6 is 11.8 Å². The Morgan fingerprint density at radius 2 is 2.05 bits per heavy atom. The van der Waals surface area contributed by atoms with Crippen molar-refractivity contribution in [2.24, 2.45) is 10.2 Å². The van der Waals surface area contributed by atoms with Crippen LogP contribution in [0.1, 0.15) is 23.7 Å². The van der Waals surface area contributed by atoms with Crippen molar-refractivity contribution in [2.45, 2.75) is 13.3 Å². The number of esters is 1.